The zero-order valence-electron chi connectivity index (χ0n) is 12.1. The van der Waals surface area contributed by atoms with Crippen molar-refractivity contribution in [1.82, 2.24) is 15.0 Å². The Hall–Kier alpha value is -1.83. The van der Waals surface area contributed by atoms with Crippen LogP contribution in [0.15, 0.2) is 22.8 Å². The van der Waals surface area contributed by atoms with Crippen molar-refractivity contribution in [3.63, 3.8) is 0 Å². The standard InChI is InChI=1S/C14H15ClFN5O.ClH/c15-14-20-12(18-7-8-3-2-6-22-8)10-11(16)9(4-1-5-17)19-13(10)21-14;/h2-3,6H,1,4-5,7,17H2,(H2,18,19,20,21);1H. The third kappa shape index (κ3) is 3.74. The van der Waals surface area contributed by atoms with Crippen molar-refractivity contribution in [2.75, 3.05) is 11.9 Å². The van der Waals surface area contributed by atoms with E-state index in [0.29, 0.717) is 54.2 Å². The fourth-order valence-electron chi connectivity index (χ4n) is 2.24. The van der Waals surface area contributed by atoms with Crippen LogP contribution in [0.1, 0.15) is 17.9 Å². The second-order valence-electron chi connectivity index (χ2n) is 4.81. The van der Waals surface area contributed by atoms with E-state index in [1.807, 2.05) is 6.07 Å². The molecule has 9 heteroatoms. The Morgan fingerprint density at radius 1 is 1.39 bits per heavy atom. The first-order valence-electron chi connectivity index (χ1n) is 6.89. The Kier molecular flexibility index (Phi) is 5.81. The topological polar surface area (TPSA) is 92.8 Å². The number of rotatable bonds is 6. The molecule has 6 nitrogen and oxygen atoms in total. The lowest BCUT2D eigenvalue weighted by Crippen LogP contribution is -2.03. The van der Waals surface area contributed by atoms with Gasteiger partial charge in [-0.2, -0.15) is 9.97 Å². The predicted molar refractivity (Wildman–Crippen MR) is 89.5 cm³/mol. The Morgan fingerprint density at radius 3 is 2.91 bits per heavy atom. The number of nitrogens with zero attached hydrogens (tertiary/aromatic N) is 2. The molecule has 0 bridgehead atoms. The molecule has 4 N–H and O–H groups in total. The normalized spacial score (nSPS) is 10.7. The molecule has 0 aromatic carbocycles. The zero-order valence-corrected chi connectivity index (χ0v) is 13.7. The van der Waals surface area contributed by atoms with E-state index in [1.54, 1.807) is 12.3 Å². The number of halogens is 3. The summed E-state index contributed by atoms with van der Waals surface area (Å²) in [6.07, 6.45) is 2.76. The van der Waals surface area contributed by atoms with Crippen LogP contribution in [-0.2, 0) is 13.0 Å². The van der Waals surface area contributed by atoms with Gasteiger partial charge >= 0.3 is 0 Å². The average Bonchev–Trinajstić information content (AvgIpc) is 3.11. The Labute approximate surface area is 143 Å². The number of H-pyrrole nitrogens is 1. The van der Waals surface area contributed by atoms with Gasteiger partial charge in [-0.25, -0.2) is 4.39 Å². The molecule has 0 aliphatic rings. The van der Waals surface area contributed by atoms with Crippen LogP contribution in [0.25, 0.3) is 11.0 Å². The third-order valence-electron chi connectivity index (χ3n) is 3.28. The van der Waals surface area contributed by atoms with Crippen molar-refractivity contribution in [3.05, 3.63) is 41.0 Å². The van der Waals surface area contributed by atoms with Gasteiger partial charge < -0.3 is 20.5 Å². The maximum absolute atomic E-state index is 14.6. The summed E-state index contributed by atoms with van der Waals surface area (Å²) in [7, 11) is 0. The van der Waals surface area contributed by atoms with Gasteiger partial charge in [0.15, 0.2) is 5.82 Å². The van der Waals surface area contributed by atoms with Crippen LogP contribution in [0, 0.1) is 5.82 Å². The van der Waals surface area contributed by atoms with Crippen LogP contribution >= 0.6 is 24.0 Å². The number of nitrogens with two attached hydrogens (primary N) is 1. The van der Waals surface area contributed by atoms with Gasteiger partial charge in [0.2, 0.25) is 5.28 Å². The number of aromatic amines is 1. The predicted octanol–water partition coefficient (Wildman–Crippen LogP) is 3.27. The van der Waals surface area contributed by atoms with E-state index in [2.05, 4.69) is 20.3 Å². The minimum absolute atomic E-state index is 0. The maximum atomic E-state index is 14.6. The van der Waals surface area contributed by atoms with Crippen LogP contribution in [0.3, 0.4) is 0 Å². The molecule has 0 radical (unpaired) electrons. The Balaban J connectivity index is 0.00000192. The van der Waals surface area contributed by atoms with E-state index in [-0.39, 0.29) is 23.5 Å². The highest BCUT2D eigenvalue weighted by atomic mass is 35.5. The summed E-state index contributed by atoms with van der Waals surface area (Å²) >= 11 is 5.90. The van der Waals surface area contributed by atoms with Crippen molar-refractivity contribution in [2.45, 2.75) is 19.4 Å². The first kappa shape index (κ1) is 17.5. The number of aryl methyl sites for hydroxylation is 1. The van der Waals surface area contributed by atoms with Crippen LogP contribution < -0.4 is 11.1 Å². The highest BCUT2D eigenvalue weighted by Gasteiger charge is 2.18. The quantitative estimate of drug-likeness (QED) is 0.587. The number of hydrogen-bond acceptors (Lipinski definition) is 5. The molecule has 0 fully saturated rings. The van der Waals surface area contributed by atoms with Gasteiger partial charge in [0.05, 0.1) is 23.9 Å². The number of anilines is 1. The molecule has 0 amide bonds. The Morgan fingerprint density at radius 2 is 2.22 bits per heavy atom. The molecule has 0 saturated carbocycles. The van der Waals surface area contributed by atoms with E-state index in [0.717, 1.165) is 0 Å². The van der Waals surface area contributed by atoms with Gasteiger partial charge in [-0.05, 0) is 43.1 Å². The summed E-state index contributed by atoms with van der Waals surface area (Å²) in [4.78, 5) is 11.1. The number of nitrogens with one attached hydrogen (secondary N) is 2. The van der Waals surface area contributed by atoms with Gasteiger partial charge in [-0.3, -0.25) is 0 Å². The molecule has 23 heavy (non-hydrogen) atoms. The highest BCUT2D eigenvalue weighted by molar-refractivity contribution is 6.28. The average molecular weight is 360 g/mol. The third-order valence-corrected chi connectivity index (χ3v) is 3.45. The Bertz CT molecular complexity index is 775. The summed E-state index contributed by atoms with van der Waals surface area (Å²) < 4.78 is 19.8. The van der Waals surface area contributed by atoms with Crippen LogP contribution in [0.2, 0.25) is 5.28 Å². The van der Waals surface area contributed by atoms with Crippen molar-refractivity contribution >= 4 is 40.9 Å². The van der Waals surface area contributed by atoms with E-state index >= 15 is 0 Å². The first-order valence-corrected chi connectivity index (χ1v) is 7.26. The summed E-state index contributed by atoms with van der Waals surface area (Å²) in [5.41, 5.74) is 6.29. The van der Waals surface area contributed by atoms with Crippen LogP contribution in [0.4, 0.5) is 10.2 Å². The van der Waals surface area contributed by atoms with Crippen molar-refractivity contribution < 1.29 is 8.81 Å². The van der Waals surface area contributed by atoms with Gasteiger partial charge in [-0.15, -0.1) is 12.4 Å². The lowest BCUT2D eigenvalue weighted by atomic mass is 10.2. The summed E-state index contributed by atoms with van der Waals surface area (Å²) in [6.45, 7) is 0.864. The summed E-state index contributed by atoms with van der Waals surface area (Å²) in [5.74, 6) is 0.670. The van der Waals surface area contributed by atoms with Gasteiger partial charge in [0.1, 0.15) is 17.2 Å². The summed E-state index contributed by atoms with van der Waals surface area (Å²) in [5, 5.41) is 3.36. The van der Waals surface area contributed by atoms with Crippen molar-refractivity contribution in [2.24, 2.45) is 5.73 Å². The van der Waals surface area contributed by atoms with Crippen LogP contribution in [0.5, 0.6) is 0 Å². The van der Waals surface area contributed by atoms with Crippen molar-refractivity contribution in [1.29, 1.82) is 0 Å². The minimum Gasteiger partial charge on any atom is -0.467 e. The molecular formula is C14H16Cl2FN5O. The fourth-order valence-corrected chi connectivity index (χ4v) is 2.41. The molecule has 124 valence electrons. The number of fused-ring (bicyclic) bond motifs is 1. The van der Waals surface area contributed by atoms with E-state index in [9.17, 15) is 4.39 Å². The molecule has 0 atom stereocenters. The molecule has 3 rings (SSSR count). The molecule has 3 heterocycles. The van der Waals surface area contributed by atoms with E-state index in [1.165, 1.54) is 0 Å². The minimum atomic E-state index is -0.373. The van der Waals surface area contributed by atoms with Gasteiger partial charge in [0.25, 0.3) is 0 Å². The second kappa shape index (κ2) is 7.63. The second-order valence-corrected chi connectivity index (χ2v) is 5.15. The van der Waals surface area contributed by atoms with E-state index < -0.39 is 0 Å². The lowest BCUT2D eigenvalue weighted by molar-refractivity contribution is 0.518. The summed E-state index contributed by atoms with van der Waals surface area (Å²) in [6, 6.07) is 3.59. The molecule has 0 aliphatic heterocycles. The molecular weight excluding hydrogens is 344 g/mol. The highest BCUT2D eigenvalue weighted by Crippen LogP contribution is 2.28. The molecule has 0 spiro atoms. The fraction of sp³-hybridized carbons (Fsp3) is 0.286. The largest absolute Gasteiger partial charge is 0.467 e. The zero-order chi connectivity index (χ0) is 15.5. The maximum Gasteiger partial charge on any atom is 0.226 e. The number of furan rings is 1. The molecule has 0 saturated heterocycles. The smallest absolute Gasteiger partial charge is 0.226 e. The first-order chi connectivity index (χ1) is 10.7. The monoisotopic (exact) mass is 359 g/mol. The molecule has 0 unspecified atom stereocenters. The van der Waals surface area contributed by atoms with Crippen molar-refractivity contribution in [3.8, 4) is 0 Å². The van der Waals surface area contributed by atoms with Gasteiger partial charge in [-0.1, -0.05) is 0 Å². The van der Waals surface area contributed by atoms with Crippen LogP contribution in [-0.4, -0.2) is 21.5 Å². The molecule has 3 aromatic rings. The number of hydrogen-bond donors (Lipinski definition) is 3. The molecule has 3 aromatic heterocycles. The van der Waals surface area contributed by atoms with E-state index in [4.69, 9.17) is 21.8 Å². The lowest BCUT2D eigenvalue weighted by Gasteiger charge is -2.05. The molecule has 0 aliphatic carbocycles. The van der Waals surface area contributed by atoms with Gasteiger partial charge in [0, 0.05) is 0 Å². The SMILES string of the molecule is Cl.NCCCc1[nH]c2nc(Cl)nc(NCc3ccco3)c2c1F. The number of aromatic nitrogens is 3.